The summed E-state index contributed by atoms with van der Waals surface area (Å²) in [5, 5.41) is 35.7. The van der Waals surface area contributed by atoms with Gasteiger partial charge in [0.2, 0.25) is 5.79 Å². The summed E-state index contributed by atoms with van der Waals surface area (Å²) < 4.78 is 30.1. The summed E-state index contributed by atoms with van der Waals surface area (Å²) in [6.07, 6.45) is 8.68. The van der Waals surface area contributed by atoms with E-state index < -0.39 is 83.9 Å². The average Bonchev–Trinajstić information content (AvgIpc) is 3.32. The lowest BCUT2D eigenvalue weighted by molar-refractivity contribution is -0.302. The zero-order valence-electron chi connectivity index (χ0n) is 40.7. The highest BCUT2D eigenvalue weighted by Crippen LogP contribution is 2.39. The molecule has 2 saturated heterocycles. The second kappa shape index (κ2) is 23.4. The number of benzene rings is 1. The van der Waals surface area contributed by atoms with E-state index in [9.17, 15) is 34.5 Å². The van der Waals surface area contributed by atoms with Gasteiger partial charge < -0.3 is 43.9 Å². The highest BCUT2D eigenvalue weighted by Gasteiger charge is 2.56. The number of rotatable bonds is 8. The zero-order valence-corrected chi connectivity index (χ0v) is 40.7. The quantitative estimate of drug-likeness (QED) is 0.144. The predicted octanol–water partition coefficient (Wildman–Crippen LogP) is 6.71. The number of esters is 1. The highest BCUT2D eigenvalue weighted by molar-refractivity contribution is 6.39. The van der Waals surface area contributed by atoms with Gasteiger partial charge in [-0.2, -0.15) is 0 Å². The number of ether oxygens (including phenoxy) is 5. The van der Waals surface area contributed by atoms with E-state index in [1.165, 1.54) is 19.1 Å². The van der Waals surface area contributed by atoms with E-state index in [1.54, 1.807) is 27.2 Å². The van der Waals surface area contributed by atoms with E-state index in [2.05, 4.69) is 11.9 Å². The third-order valence-electron chi connectivity index (χ3n) is 14.8. The molecule has 0 spiro atoms. The number of Topliss-reactive ketones (excluding diaryl/α,β-unsaturated/α-hetero) is 2. The van der Waals surface area contributed by atoms with Gasteiger partial charge in [-0.1, -0.05) is 68.8 Å². The number of allylic oxidation sites excluding steroid dienone is 4. The lowest BCUT2D eigenvalue weighted by Crippen LogP contribution is -2.64. The second-order valence-electron chi connectivity index (χ2n) is 19.8. The number of methoxy groups -OCH3 is 3. The molecule has 368 valence electrons. The average molecular weight is 931 g/mol. The van der Waals surface area contributed by atoms with Crippen LogP contribution >= 0.6 is 0 Å². The fraction of sp³-hybridized carbons (Fsp3) is 0.642. The molecule has 2 bridgehead atoms. The van der Waals surface area contributed by atoms with Crippen LogP contribution in [0.2, 0.25) is 0 Å². The van der Waals surface area contributed by atoms with Gasteiger partial charge in [0.25, 0.3) is 11.7 Å². The molecule has 0 radical (unpaired) electrons. The Morgan fingerprint density at radius 3 is 2.34 bits per heavy atom. The van der Waals surface area contributed by atoms with E-state index in [0.717, 1.165) is 22.0 Å². The third-order valence-corrected chi connectivity index (χ3v) is 14.8. The molecule has 14 atom stereocenters. The van der Waals surface area contributed by atoms with Gasteiger partial charge in [-0.05, 0) is 113 Å². The molecular weight excluding hydrogens is 857 g/mol. The summed E-state index contributed by atoms with van der Waals surface area (Å²) in [4.78, 5) is 63.5. The van der Waals surface area contributed by atoms with Crippen molar-refractivity contribution in [2.24, 2.45) is 29.6 Å². The summed E-state index contributed by atoms with van der Waals surface area (Å²) in [5.41, 5.74) is 3.42. The third kappa shape index (κ3) is 12.4. The SMILES string of the molecule is CO[C@H]1C[C@@H](C)C/C(C)=C/[C@@H](C/C=C/c2ccnc3ccccc23)C(=O)C[C@H](O)[C@@H](C)[C@@H](/C(C)=C/[C@@H]2CC[C@@H](O)[C@H](OC)C2)OC(=O)[C@@H]2CCCCN2C(=O)C(=O)[C@]2(O)O[C@H]1[C@@H](OC)C[C@H]2C. The zero-order chi connectivity index (χ0) is 48.6. The van der Waals surface area contributed by atoms with E-state index in [-0.39, 0.29) is 49.5 Å². The summed E-state index contributed by atoms with van der Waals surface area (Å²) in [6, 6.07) is 8.63. The van der Waals surface area contributed by atoms with Gasteiger partial charge in [-0.25, -0.2) is 4.79 Å². The molecule has 6 rings (SSSR count). The van der Waals surface area contributed by atoms with Crippen molar-refractivity contribution in [2.75, 3.05) is 27.9 Å². The molecule has 1 saturated carbocycles. The number of hydrogen-bond acceptors (Lipinski definition) is 13. The van der Waals surface area contributed by atoms with E-state index in [0.29, 0.717) is 56.9 Å². The number of ketones is 2. The van der Waals surface area contributed by atoms with Crippen molar-refractivity contribution < 1.29 is 58.2 Å². The number of aliphatic hydroxyl groups excluding tert-OH is 2. The molecule has 3 aliphatic heterocycles. The molecule has 14 heteroatoms. The molecule has 14 nitrogen and oxygen atoms in total. The molecule has 3 fully saturated rings. The van der Waals surface area contributed by atoms with Crippen LogP contribution in [0.3, 0.4) is 0 Å². The van der Waals surface area contributed by atoms with Gasteiger partial charge in [-0.3, -0.25) is 19.4 Å². The number of carbonyl (C=O) groups excluding carboxylic acids is 4. The van der Waals surface area contributed by atoms with Crippen molar-refractivity contribution >= 4 is 40.4 Å². The number of aromatic nitrogens is 1. The fourth-order valence-electron chi connectivity index (χ4n) is 10.9. The van der Waals surface area contributed by atoms with Crippen molar-refractivity contribution in [3.8, 4) is 0 Å². The molecular formula is C53H74N2O12. The van der Waals surface area contributed by atoms with Crippen LogP contribution in [-0.4, -0.2) is 131 Å². The van der Waals surface area contributed by atoms with Gasteiger partial charge in [0.15, 0.2) is 0 Å². The molecule has 1 aromatic carbocycles. The van der Waals surface area contributed by atoms with Crippen LogP contribution in [0.5, 0.6) is 0 Å². The number of hydrogen-bond donors (Lipinski definition) is 3. The predicted molar refractivity (Wildman–Crippen MR) is 253 cm³/mol. The topological polar surface area (TPSA) is 191 Å². The lowest BCUT2D eigenvalue weighted by atomic mass is 9.81. The number of carbonyl (C=O) groups is 4. The van der Waals surface area contributed by atoms with E-state index >= 15 is 0 Å². The summed E-state index contributed by atoms with van der Waals surface area (Å²) in [6.45, 7) is 9.31. The maximum absolute atomic E-state index is 14.6. The van der Waals surface area contributed by atoms with Gasteiger partial charge >= 0.3 is 5.97 Å². The second-order valence-corrected chi connectivity index (χ2v) is 19.8. The number of nitrogens with zero attached hydrogens (tertiary/aromatic N) is 2. The van der Waals surface area contributed by atoms with Crippen molar-refractivity contribution in [3.63, 3.8) is 0 Å². The normalized spacial score (nSPS) is 36.8. The molecule has 4 heterocycles. The van der Waals surface area contributed by atoms with Crippen LogP contribution in [0.25, 0.3) is 17.0 Å². The van der Waals surface area contributed by atoms with Gasteiger partial charge in [0.05, 0.1) is 36.0 Å². The highest BCUT2D eigenvalue weighted by atomic mass is 16.7. The van der Waals surface area contributed by atoms with Crippen molar-refractivity contribution in [1.82, 2.24) is 9.88 Å². The van der Waals surface area contributed by atoms with Crippen LogP contribution in [0.1, 0.15) is 111 Å². The monoisotopic (exact) mass is 931 g/mol. The van der Waals surface area contributed by atoms with Crippen molar-refractivity contribution in [3.05, 3.63) is 71.5 Å². The molecule has 1 aliphatic carbocycles. The maximum atomic E-state index is 14.6. The minimum atomic E-state index is -2.53. The largest absolute Gasteiger partial charge is 0.456 e. The molecule has 4 aliphatic rings. The van der Waals surface area contributed by atoms with Gasteiger partial charge in [0, 0.05) is 63.6 Å². The first-order chi connectivity index (χ1) is 32.0. The minimum absolute atomic E-state index is 0.0272. The number of cyclic esters (lactones) is 1. The Balaban J connectivity index is 1.39. The Kier molecular flexibility index (Phi) is 18.3. The van der Waals surface area contributed by atoms with Crippen LogP contribution in [-0.2, 0) is 42.9 Å². The summed E-state index contributed by atoms with van der Waals surface area (Å²) >= 11 is 0. The Labute approximate surface area is 396 Å². The number of pyridine rings is 1. The van der Waals surface area contributed by atoms with Crippen LogP contribution in [0.15, 0.2) is 65.9 Å². The number of fused-ring (bicyclic) bond motifs is 4. The van der Waals surface area contributed by atoms with Crippen LogP contribution in [0.4, 0.5) is 0 Å². The van der Waals surface area contributed by atoms with Crippen LogP contribution < -0.4 is 0 Å². The Bertz CT molecular complexity index is 2130. The van der Waals surface area contributed by atoms with E-state index in [4.69, 9.17) is 23.7 Å². The van der Waals surface area contributed by atoms with Crippen LogP contribution in [0, 0.1) is 29.6 Å². The Morgan fingerprint density at radius 2 is 1.61 bits per heavy atom. The molecule has 0 unspecified atom stereocenters. The summed E-state index contributed by atoms with van der Waals surface area (Å²) in [5.74, 6) is -7.99. The first kappa shape index (κ1) is 52.2. The molecule has 3 N–H and O–H groups in total. The summed E-state index contributed by atoms with van der Waals surface area (Å²) in [7, 11) is 4.63. The minimum Gasteiger partial charge on any atom is -0.456 e. The smallest absolute Gasteiger partial charge is 0.329 e. The molecule has 1 aromatic heterocycles. The number of para-hydroxylation sites is 1. The molecule has 67 heavy (non-hydrogen) atoms. The maximum Gasteiger partial charge on any atom is 0.329 e. The first-order valence-electron chi connectivity index (χ1n) is 24.3. The van der Waals surface area contributed by atoms with E-state index in [1.807, 2.05) is 68.5 Å². The van der Waals surface area contributed by atoms with Crippen molar-refractivity contribution in [2.45, 2.75) is 160 Å². The fourth-order valence-corrected chi connectivity index (χ4v) is 10.9. The number of amides is 1. The first-order valence-corrected chi connectivity index (χ1v) is 24.3. The number of aliphatic hydroxyl groups is 3. The van der Waals surface area contributed by atoms with Crippen molar-refractivity contribution in [1.29, 1.82) is 0 Å². The lowest BCUT2D eigenvalue weighted by Gasteiger charge is -2.47. The number of piperidine rings is 1. The molecule has 1 amide bonds. The Hall–Kier alpha value is -4.15. The Morgan fingerprint density at radius 1 is 0.896 bits per heavy atom. The molecule has 2 aromatic rings. The van der Waals surface area contributed by atoms with Gasteiger partial charge in [-0.15, -0.1) is 0 Å². The standard InChI is InChI=1S/C53H74N2O12/c1-31-24-32(2)26-46(64-7)49-47(65-8)28-34(4)53(62,67-49)50(59)51(60)55-23-12-11-18-41(55)52(61)66-48(33(3)27-36-19-20-42(56)45(29-36)63-6)35(5)43(57)30-44(58)38(25-31)15-13-14-37-21-22-54-40-17-10-9-16-39(37)40/h9-10,13-14,16-17,21-22,25,27,32,34-36,38,41-43,45-49,56-57,62H,11-12,15,18-20,23-24,26,28-30H2,1-8H3/b14-13+,31-25+,33-27+/t32-,34+,35+,36-,38+,41-,42+,43-,45+,46-,47-,48+,49+,53+/m0/s1. The van der Waals surface area contributed by atoms with Gasteiger partial charge in [0.1, 0.15) is 24.0 Å².